The van der Waals surface area contributed by atoms with Crippen molar-refractivity contribution in [1.82, 2.24) is 10.2 Å². The first kappa shape index (κ1) is 18.6. The monoisotopic (exact) mass is 352 g/mol. The summed E-state index contributed by atoms with van der Waals surface area (Å²) in [7, 11) is 0. The Morgan fingerprint density at radius 3 is 2.50 bits per heavy atom. The summed E-state index contributed by atoms with van der Waals surface area (Å²) < 4.78 is 0. The summed E-state index contributed by atoms with van der Waals surface area (Å²) >= 11 is 0. The summed E-state index contributed by atoms with van der Waals surface area (Å²) in [6.45, 7) is 7.92. The number of carbonyl (C=O) groups excluding carboxylic acids is 2. The van der Waals surface area contributed by atoms with Gasteiger partial charge in [0.1, 0.15) is 6.29 Å². The van der Waals surface area contributed by atoms with Gasteiger partial charge in [0.15, 0.2) is 5.78 Å². The quantitative estimate of drug-likeness (QED) is 0.845. The summed E-state index contributed by atoms with van der Waals surface area (Å²) in [5.74, 6) is 0.591. The van der Waals surface area contributed by atoms with Crippen LogP contribution in [0.5, 0.6) is 0 Å². The van der Waals surface area contributed by atoms with Crippen molar-refractivity contribution >= 4 is 17.6 Å². The van der Waals surface area contributed by atoms with Crippen LogP contribution in [-0.4, -0.2) is 43.1 Å². The van der Waals surface area contributed by atoms with E-state index < -0.39 is 0 Å². The van der Waals surface area contributed by atoms with Gasteiger partial charge in [0.05, 0.1) is 0 Å². The van der Waals surface area contributed by atoms with Gasteiger partial charge in [0.2, 0.25) is 0 Å². The Hall–Kier alpha value is -2.20. The van der Waals surface area contributed by atoms with Crippen LogP contribution in [0.15, 0.2) is 42.1 Å². The van der Waals surface area contributed by atoms with E-state index in [-0.39, 0.29) is 11.7 Å². The van der Waals surface area contributed by atoms with Gasteiger partial charge in [-0.05, 0) is 30.4 Å². The molecule has 26 heavy (non-hydrogen) atoms. The molecule has 4 heteroatoms. The summed E-state index contributed by atoms with van der Waals surface area (Å²) in [5, 5.41) is 3.38. The first-order valence-electron chi connectivity index (χ1n) is 9.62. The molecule has 0 bridgehead atoms. The third-order valence-electron chi connectivity index (χ3n) is 5.54. The van der Waals surface area contributed by atoms with E-state index in [1.165, 1.54) is 0 Å². The van der Waals surface area contributed by atoms with Gasteiger partial charge in [0.25, 0.3) is 0 Å². The number of allylic oxidation sites excluding steroid dienone is 3. The zero-order chi connectivity index (χ0) is 18.5. The van der Waals surface area contributed by atoms with Gasteiger partial charge in [-0.1, -0.05) is 44.2 Å². The number of hydrogen-bond acceptors (Lipinski definition) is 4. The Labute approximate surface area is 156 Å². The molecule has 1 fully saturated rings. The first-order chi connectivity index (χ1) is 12.7. The first-order valence-corrected chi connectivity index (χ1v) is 9.62. The number of aldehydes is 1. The minimum Gasteiger partial charge on any atom is -0.368 e. The van der Waals surface area contributed by atoms with E-state index in [1.807, 2.05) is 12.1 Å². The fourth-order valence-corrected chi connectivity index (χ4v) is 3.99. The van der Waals surface area contributed by atoms with Crippen molar-refractivity contribution in [3.63, 3.8) is 0 Å². The van der Waals surface area contributed by atoms with Crippen LogP contribution < -0.4 is 5.32 Å². The summed E-state index contributed by atoms with van der Waals surface area (Å²) in [4.78, 5) is 26.9. The maximum atomic E-state index is 13.5. The highest BCUT2D eigenvalue weighted by atomic mass is 16.1. The number of nitrogens with one attached hydrogen (secondary N) is 1. The average molecular weight is 352 g/mol. The van der Waals surface area contributed by atoms with Crippen LogP contribution in [-0.2, 0) is 4.79 Å². The van der Waals surface area contributed by atoms with E-state index in [0.717, 1.165) is 62.1 Å². The molecule has 0 spiro atoms. The van der Waals surface area contributed by atoms with E-state index in [2.05, 4.69) is 36.2 Å². The van der Waals surface area contributed by atoms with E-state index in [4.69, 9.17) is 0 Å². The minimum absolute atomic E-state index is 0.0265. The summed E-state index contributed by atoms with van der Waals surface area (Å²) in [6.07, 6.45) is 6.97. The van der Waals surface area contributed by atoms with Gasteiger partial charge in [-0.2, -0.15) is 0 Å². The van der Waals surface area contributed by atoms with Crippen molar-refractivity contribution in [3.8, 4) is 0 Å². The van der Waals surface area contributed by atoms with Gasteiger partial charge in [-0.25, -0.2) is 0 Å². The Bertz CT molecular complexity index is 712. The topological polar surface area (TPSA) is 49.4 Å². The van der Waals surface area contributed by atoms with Crippen molar-refractivity contribution in [2.24, 2.45) is 11.8 Å². The van der Waals surface area contributed by atoms with Crippen LogP contribution in [0.3, 0.4) is 0 Å². The number of hydrogen-bond donors (Lipinski definition) is 1. The molecule has 0 aromatic heterocycles. The highest BCUT2D eigenvalue weighted by Gasteiger charge is 2.31. The molecular weight excluding hydrogens is 324 g/mol. The van der Waals surface area contributed by atoms with Gasteiger partial charge in [0, 0.05) is 48.9 Å². The number of carbonyl (C=O) groups is 2. The van der Waals surface area contributed by atoms with Crippen LogP contribution in [0, 0.1) is 11.8 Å². The molecule has 0 radical (unpaired) electrons. The Balaban J connectivity index is 2.13. The van der Waals surface area contributed by atoms with Gasteiger partial charge < -0.3 is 10.2 Å². The molecule has 2 aliphatic rings. The highest BCUT2D eigenvalue weighted by Crippen LogP contribution is 2.34. The van der Waals surface area contributed by atoms with E-state index in [1.54, 1.807) is 12.1 Å². The molecule has 0 saturated carbocycles. The molecule has 1 aromatic carbocycles. The van der Waals surface area contributed by atoms with Crippen molar-refractivity contribution in [3.05, 3.63) is 53.2 Å². The van der Waals surface area contributed by atoms with Crippen LogP contribution in [0.4, 0.5) is 0 Å². The molecule has 1 heterocycles. The third-order valence-corrected chi connectivity index (χ3v) is 5.54. The minimum atomic E-state index is 0.0265. The highest BCUT2D eigenvalue weighted by molar-refractivity contribution is 6.23. The number of ketones is 1. The van der Waals surface area contributed by atoms with Crippen LogP contribution >= 0.6 is 0 Å². The second-order valence-electron chi connectivity index (χ2n) is 7.23. The molecule has 4 nitrogen and oxygen atoms in total. The van der Waals surface area contributed by atoms with E-state index in [0.29, 0.717) is 11.5 Å². The number of rotatable bonds is 4. The molecule has 1 N–H and O–H groups in total. The lowest BCUT2D eigenvalue weighted by molar-refractivity contribution is -0.118. The maximum Gasteiger partial charge on any atom is 0.168 e. The fourth-order valence-electron chi connectivity index (χ4n) is 3.99. The molecule has 3 rings (SSSR count). The molecule has 1 aliphatic carbocycles. The SMILES string of the molecule is CC[C@@H]1C(=O)/C(c2ccc(C=O)cc2)=C(N2CCNCC2)\C=C\CC1C. The smallest absolute Gasteiger partial charge is 0.168 e. The van der Waals surface area contributed by atoms with Crippen molar-refractivity contribution in [2.45, 2.75) is 26.7 Å². The van der Waals surface area contributed by atoms with Crippen LogP contribution in [0.25, 0.3) is 5.57 Å². The van der Waals surface area contributed by atoms with Crippen molar-refractivity contribution in [2.75, 3.05) is 26.2 Å². The standard InChI is InChI=1S/C22H28N2O2/c1-3-19-16(2)5-4-6-20(24-13-11-23-12-14-24)21(22(19)26)18-9-7-17(15-25)8-10-18/h4,6-10,15-16,19,23H,3,5,11-14H2,1-2H3/b6-4+,21-20+/t16?,19-/m0/s1. The summed E-state index contributed by atoms with van der Waals surface area (Å²) in [5.41, 5.74) is 3.37. The number of nitrogens with zero attached hydrogens (tertiary/aromatic N) is 1. The number of Topliss-reactive ketones (excluding diaryl/α,β-unsaturated/α-hetero) is 1. The lowest BCUT2D eigenvalue weighted by Crippen LogP contribution is -2.43. The lowest BCUT2D eigenvalue weighted by Gasteiger charge is -2.34. The zero-order valence-electron chi connectivity index (χ0n) is 15.7. The predicted molar refractivity (Wildman–Crippen MR) is 105 cm³/mol. The normalized spacial score (nSPS) is 28.4. The molecule has 0 amide bonds. The average Bonchev–Trinajstić information content (AvgIpc) is 2.68. The van der Waals surface area contributed by atoms with Crippen LogP contribution in [0.2, 0.25) is 0 Å². The van der Waals surface area contributed by atoms with Gasteiger partial charge in [-0.15, -0.1) is 0 Å². The lowest BCUT2D eigenvalue weighted by atomic mass is 9.79. The second-order valence-corrected chi connectivity index (χ2v) is 7.23. The van der Waals surface area contributed by atoms with Crippen LogP contribution in [0.1, 0.15) is 42.6 Å². The number of benzene rings is 1. The molecule has 1 aromatic rings. The largest absolute Gasteiger partial charge is 0.368 e. The Morgan fingerprint density at radius 2 is 1.88 bits per heavy atom. The fraction of sp³-hybridized carbons (Fsp3) is 0.455. The number of piperazine rings is 1. The molecule has 1 saturated heterocycles. The van der Waals surface area contributed by atoms with Gasteiger partial charge >= 0.3 is 0 Å². The maximum absolute atomic E-state index is 13.5. The van der Waals surface area contributed by atoms with E-state index in [9.17, 15) is 9.59 Å². The zero-order valence-corrected chi connectivity index (χ0v) is 15.7. The Kier molecular flexibility index (Phi) is 6.04. The second kappa shape index (κ2) is 8.45. The predicted octanol–water partition coefficient (Wildman–Crippen LogP) is 3.31. The molecular formula is C22H28N2O2. The van der Waals surface area contributed by atoms with Crippen molar-refractivity contribution < 1.29 is 9.59 Å². The molecule has 2 atom stereocenters. The molecule has 1 unspecified atom stereocenters. The van der Waals surface area contributed by atoms with Crippen molar-refractivity contribution in [1.29, 1.82) is 0 Å². The molecule has 1 aliphatic heterocycles. The summed E-state index contributed by atoms with van der Waals surface area (Å²) in [6, 6.07) is 7.41. The molecule has 138 valence electrons. The van der Waals surface area contributed by atoms with E-state index >= 15 is 0 Å². The third kappa shape index (κ3) is 3.80. The Morgan fingerprint density at radius 1 is 1.19 bits per heavy atom. The van der Waals surface area contributed by atoms with Gasteiger partial charge in [-0.3, -0.25) is 9.59 Å².